The van der Waals surface area contributed by atoms with Crippen LogP contribution < -0.4 is 0 Å². The third-order valence-electron chi connectivity index (χ3n) is 8.03. The van der Waals surface area contributed by atoms with Gasteiger partial charge in [-0.25, -0.2) is 0 Å². The van der Waals surface area contributed by atoms with E-state index in [1.54, 1.807) is 17.4 Å². The van der Waals surface area contributed by atoms with Gasteiger partial charge in [-0.3, -0.25) is 9.97 Å². The molecule has 0 saturated carbocycles. The minimum absolute atomic E-state index is 0. The standard InChI is InChI=1S/C40H31N2OS.Pt/c1-40(2,3)30-18-19-41-36(23-30)26-10-8-11-27(20-26)37-21-29(22-38(42-37)34-15-6-7-17-39(34)43)31-13-4-5-14-32(31)33-16-9-12-28-24-44-25-35(28)33;/h4-19,21-25,43H,1-3H3;/q-1;. The van der Waals surface area contributed by atoms with Crippen LogP contribution in [0.15, 0.2) is 126 Å². The fraction of sp³-hybridized carbons (Fsp3) is 0.100. The summed E-state index contributed by atoms with van der Waals surface area (Å²) < 4.78 is 0. The van der Waals surface area contributed by atoms with Gasteiger partial charge in [0, 0.05) is 49.6 Å². The van der Waals surface area contributed by atoms with Crippen molar-refractivity contribution in [3.63, 3.8) is 0 Å². The van der Waals surface area contributed by atoms with Crippen molar-refractivity contribution in [1.82, 2.24) is 9.97 Å². The van der Waals surface area contributed by atoms with Gasteiger partial charge >= 0.3 is 0 Å². The summed E-state index contributed by atoms with van der Waals surface area (Å²) in [5, 5.41) is 17.7. The van der Waals surface area contributed by atoms with Gasteiger partial charge in [0.05, 0.1) is 5.69 Å². The Bertz CT molecular complexity index is 2140. The molecule has 0 aliphatic heterocycles. The van der Waals surface area contributed by atoms with Crippen molar-refractivity contribution >= 4 is 22.1 Å². The second-order valence-electron chi connectivity index (χ2n) is 12.0. The molecular formula is C40H31N2OPtS-. The summed E-state index contributed by atoms with van der Waals surface area (Å²) in [4.78, 5) is 9.77. The van der Waals surface area contributed by atoms with Gasteiger partial charge in [-0.2, -0.15) is 11.3 Å². The van der Waals surface area contributed by atoms with Gasteiger partial charge in [0.25, 0.3) is 0 Å². The molecule has 3 heterocycles. The number of thiophene rings is 1. The van der Waals surface area contributed by atoms with Crippen molar-refractivity contribution in [3.05, 3.63) is 138 Å². The van der Waals surface area contributed by atoms with Gasteiger partial charge in [-0.1, -0.05) is 98.6 Å². The van der Waals surface area contributed by atoms with Crippen molar-refractivity contribution in [2.75, 3.05) is 0 Å². The fourth-order valence-electron chi connectivity index (χ4n) is 5.66. The Hall–Kier alpha value is -4.37. The van der Waals surface area contributed by atoms with Crippen LogP contribution in [0.5, 0.6) is 5.75 Å². The van der Waals surface area contributed by atoms with Crippen LogP contribution in [-0.4, -0.2) is 15.1 Å². The number of hydrogen-bond donors (Lipinski definition) is 1. The molecule has 0 bridgehead atoms. The van der Waals surface area contributed by atoms with E-state index in [-0.39, 0.29) is 32.2 Å². The SMILES string of the molecule is CC(C)(C)c1ccnc(-c2[c-]c(-c3cc(-c4ccccc4-c4cccc5cscc45)cc(-c4ccccc4O)n3)ccc2)c1.[Pt]. The summed E-state index contributed by atoms with van der Waals surface area (Å²) in [6.45, 7) is 6.62. The zero-order chi connectivity index (χ0) is 30.3. The average molecular weight is 783 g/mol. The molecule has 0 saturated heterocycles. The minimum Gasteiger partial charge on any atom is -0.507 e. The number of phenolic OH excluding ortho intramolecular Hbond substituents is 1. The molecule has 5 heteroatoms. The second kappa shape index (κ2) is 12.6. The van der Waals surface area contributed by atoms with Crippen molar-refractivity contribution in [2.24, 2.45) is 0 Å². The molecule has 0 spiro atoms. The zero-order valence-corrected chi connectivity index (χ0v) is 28.3. The average Bonchev–Trinajstić information content (AvgIpc) is 3.54. The van der Waals surface area contributed by atoms with Crippen molar-refractivity contribution in [2.45, 2.75) is 26.2 Å². The zero-order valence-electron chi connectivity index (χ0n) is 25.2. The van der Waals surface area contributed by atoms with Crippen LogP contribution in [-0.2, 0) is 26.5 Å². The topological polar surface area (TPSA) is 46.0 Å². The summed E-state index contributed by atoms with van der Waals surface area (Å²) >= 11 is 1.72. The summed E-state index contributed by atoms with van der Waals surface area (Å²) in [6, 6.07) is 40.5. The van der Waals surface area contributed by atoms with Crippen LogP contribution in [0.3, 0.4) is 0 Å². The molecular weight excluding hydrogens is 752 g/mol. The number of pyridine rings is 2. The van der Waals surface area contributed by atoms with Gasteiger partial charge in [-0.15, -0.1) is 24.3 Å². The Morgan fingerprint density at radius 3 is 2.09 bits per heavy atom. The number of aromatic hydroxyl groups is 1. The summed E-state index contributed by atoms with van der Waals surface area (Å²) in [5.41, 5.74) is 10.5. The molecule has 3 nitrogen and oxygen atoms in total. The van der Waals surface area contributed by atoms with E-state index >= 15 is 0 Å². The number of hydrogen-bond acceptors (Lipinski definition) is 4. The molecule has 0 amide bonds. The van der Waals surface area contributed by atoms with Crippen LogP contribution in [0.4, 0.5) is 0 Å². The summed E-state index contributed by atoms with van der Waals surface area (Å²) in [6.07, 6.45) is 1.87. The van der Waals surface area contributed by atoms with Crippen LogP contribution in [0.25, 0.3) is 66.8 Å². The monoisotopic (exact) mass is 782 g/mol. The normalized spacial score (nSPS) is 11.4. The molecule has 0 aliphatic rings. The first kappa shape index (κ1) is 30.6. The first-order valence-corrected chi connectivity index (χ1v) is 15.6. The van der Waals surface area contributed by atoms with E-state index in [1.165, 1.54) is 21.9 Å². The van der Waals surface area contributed by atoms with Crippen LogP contribution in [0.1, 0.15) is 26.3 Å². The Kier molecular flexibility index (Phi) is 8.55. The first-order valence-electron chi connectivity index (χ1n) is 14.7. The van der Waals surface area contributed by atoms with E-state index in [0.717, 1.165) is 39.2 Å². The van der Waals surface area contributed by atoms with Gasteiger partial charge in [-0.05, 0) is 73.6 Å². The van der Waals surface area contributed by atoms with Gasteiger partial charge in [0.2, 0.25) is 0 Å². The third kappa shape index (κ3) is 6.14. The summed E-state index contributed by atoms with van der Waals surface area (Å²) in [7, 11) is 0. The molecule has 0 unspecified atom stereocenters. The molecule has 45 heavy (non-hydrogen) atoms. The number of fused-ring (bicyclic) bond motifs is 1. The van der Waals surface area contributed by atoms with E-state index in [2.05, 4.69) is 109 Å². The van der Waals surface area contributed by atoms with Crippen LogP contribution >= 0.6 is 11.3 Å². The summed E-state index contributed by atoms with van der Waals surface area (Å²) in [5.74, 6) is 0.195. The molecule has 1 N–H and O–H groups in total. The third-order valence-corrected chi connectivity index (χ3v) is 8.79. The van der Waals surface area contributed by atoms with E-state index in [9.17, 15) is 5.11 Å². The maximum absolute atomic E-state index is 10.8. The van der Waals surface area contributed by atoms with Gasteiger partial charge in [0.15, 0.2) is 0 Å². The molecule has 0 radical (unpaired) electrons. The number of nitrogens with zero attached hydrogens (tertiary/aromatic N) is 2. The second-order valence-corrected chi connectivity index (χ2v) is 12.8. The molecule has 0 atom stereocenters. The van der Waals surface area contributed by atoms with Crippen LogP contribution in [0, 0.1) is 6.07 Å². The predicted octanol–water partition coefficient (Wildman–Crippen LogP) is 10.8. The number of rotatable bonds is 5. The quantitative estimate of drug-likeness (QED) is 0.177. The van der Waals surface area contributed by atoms with Crippen molar-refractivity contribution in [1.29, 1.82) is 0 Å². The fourth-order valence-corrected chi connectivity index (χ4v) is 6.48. The predicted molar refractivity (Wildman–Crippen MR) is 184 cm³/mol. The molecule has 7 aromatic rings. The van der Waals surface area contributed by atoms with E-state index < -0.39 is 0 Å². The van der Waals surface area contributed by atoms with E-state index in [0.29, 0.717) is 11.3 Å². The minimum atomic E-state index is 0. The molecule has 224 valence electrons. The molecule has 0 aliphatic carbocycles. The largest absolute Gasteiger partial charge is 0.507 e. The van der Waals surface area contributed by atoms with Crippen molar-refractivity contribution in [3.8, 4) is 61.8 Å². The number of aromatic nitrogens is 2. The molecule has 7 rings (SSSR count). The molecule has 3 aromatic heterocycles. The first-order chi connectivity index (χ1) is 21.3. The maximum atomic E-state index is 10.8. The molecule has 0 fully saturated rings. The van der Waals surface area contributed by atoms with E-state index in [1.807, 2.05) is 42.6 Å². The Balaban J connectivity index is 0.00000357. The molecule has 4 aromatic carbocycles. The number of para-hydroxylation sites is 1. The Morgan fingerprint density at radius 1 is 0.644 bits per heavy atom. The smallest absolute Gasteiger partial charge is 0.124 e. The number of phenols is 1. The Morgan fingerprint density at radius 2 is 1.31 bits per heavy atom. The van der Waals surface area contributed by atoms with Gasteiger partial charge < -0.3 is 5.11 Å². The van der Waals surface area contributed by atoms with Crippen molar-refractivity contribution < 1.29 is 26.2 Å². The van der Waals surface area contributed by atoms with Crippen LogP contribution in [0.2, 0.25) is 0 Å². The number of benzene rings is 4. The van der Waals surface area contributed by atoms with E-state index in [4.69, 9.17) is 4.98 Å². The Labute approximate surface area is 282 Å². The van der Waals surface area contributed by atoms with Gasteiger partial charge in [0.1, 0.15) is 5.75 Å². The maximum Gasteiger partial charge on any atom is 0.124 e.